The summed E-state index contributed by atoms with van der Waals surface area (Å²) in [6.45, 7) is 1.77. The Bertz CT molecular complexity index is 598. The van der Waals surface area contributed by atoms with Gasteiger partial charge in [-0.2, -0.15) is 0 Å². The van der Waals surface area contributed by atoms with Gasteiger partial charge in [0.15, 0.2) is 0 Å². The van der Waals surface area contributed by atoms with Gasteiger partial charge < -0.3 is 10.4 Å². The molecular formula is C18H20FNO2. The molecule has 0 heterocycles. The van der Waals surface area contributed by atoms with Crippen LogP contribution in [0.25, 0.3) is 0 Å². The summed E-state index contributed by atoms with van der Waals surface area (Å²) in [5.74, 6) is -0.444. The fourth-order valence-electron chi connectivity index (χ4n) is 2.36. The minimum atomic E-state index is -0.408. The smallest absolute Gasteiger partial charge is 0.221 e. The predicted molar refractivity (Wildman–Crippen MR) is 83.8 cm³/mol. The molecule has 3 nitrogen and oxygen atoms in total. The molecule has 0 aromatic heterocycles. The van der Waals surface area contributed by atoms with Crippen LogP contribution in [0.3, 0.4) is 0 Å². The second-order valence-corrected chi connectivity index (χ2v) is 5.37. The fraction of sp³-hybridized carbons (Fsp3) is 0.278. The molecule has 116 valence electrons. The van der Waals surface area contributed by atoms with E-state index in [1.165, 1.54) is 12.1 Å². The van der Waals surface area contributed by atoms with Crippen LogP contribution in [0.2, 0.25) is 0 Å². The highest BCUT2D eigenvalue weighted by atomic mass is 19.1. The van der Waals surface area contributed by atoms with Crippen LogP contribution in [0.15, 0.2) is 54.6 Å². The second kappa shape index (κ2) is 7.71. The maximum Gasteiger partial charge on any atom is 0.221 e. The third kappa shape index (κ3) is 4.40. The number of aliphatic hydroxyl groups excluding tert-OH is 1. The van der Waals surface area contributed by atoms with Crippen LogP contribution in [-0.4, -0.2) is 17.6 Å². The molecule has 0 aliphatic rings. The Balaban J connectivity index is 1.95. The quantitative estimate of drug-likeness (QED) is 0.861. The minimum Gasteiger partial charge on any atom is -0.394 e. The van der Waals surface area contributed by atoms with Gasteiger partial charge in [0, 0.05) is 6.42 Å². The van der Waals surface area contributed by atoms with Crippen LogP contribution in [0.1, 0.15) is 36.4 Å². The van der Waals surface area contributed by atoms with E-state index in [0.717, 1.165) is 11.1 Å². The molecule has 4 heteroatoms. The average Bonchev–Trinajstić information content (AvgIpc) is 2.54. The standard InChI is InChI=1S/C18H20FNO2/c1-13(14-7-9-16(19)10-8-14)11-18(22)20-17(12-21)15-5-3-2-4-6-15/h2-10,13,17,21H,11-12H2,1H3,(H,20,22). The Labute approximate surface area is 129 Å². The van der Waals surface area contributed by atoms with Crippen molar-refractivity contribution in [2.75, 3.05) is 6.61 Å². The molecule has 2 aromatic rings. The van der Waals surface area contributed by atoms with Crippen molar-refractivity contribution < 1.29 is 14.3 Å². The Hall–Kier alpha value is -2.20. The summed E-state index contributed by atoms with van der Waals surface area (Å²) in [4.78, 5) is 12.1. The summed E-state index contributed by atoms with van der Waals surface area (Å²) in [5, 5.41) is 12.3. The first-order valence-corrected chi connectivity index (χ1v) is 7.30. The maximum absolute atomic E-state index is 12.9. The van der Waals surface area contributed by atoms with Gasteiger partial charge in [0.1, 0.15) is 5.82 Å². The summed E-state index contributed by atoms with van der Waals surface area (Å²) < 4.78 is 12.9. The van der Waals surface area contributed by atoms with Crippen molar-refractivity contribution in [3.8, 4) is 0 Å². The molecule has 0 fully saturated rings. The number of rotatable bonds is 6. The maximum atomic E-state index is 12.9. The highest BCUT2D eigenvalue weighted by Crippen LogP contribution is 2.20. The molecule has 0 bridgehead atoms. The number of amides is 1. The molecule has 1 amide bonds. The lowest BCUT2D eigenvalue weighted by Gasteiger charge is -2.18. The molecule has 0 saturated heterocycles. The normalized spacial score (nSPS) is 13.4. The Morgan fingerprint density at radius 3 is 2.32 bits per heavy atom. The topological polar surface area (TPSA) is 49.3 Å². The van der Waals surface area contributed by atoms with Crippen LogP contribution in [0, 0.1) is 5.82 Å². The number of aliphatic hydroxyl groups is 1. The SMILES string of the molecule is CC(CC(=O)NC(CO)c1ccccc1)c1ccc(F)cc1. The molecule has 2 N–H and O–H groups in total. The van der Waals surface area contributed by atoms with Gasteiger partial charge in [-0.05, 0) is 29.2 Å². The van der Waals surface area contributed by atoms with Gasteiger partial charge in [-0.1, -0.05) is 49.4 Å². The van der Waals surface area contributed by atoms with Gasteiger partial charge in [-0.25, -0.2) is 4.39 Å². The van der Waals surface area contributed by atoms with Crippen molar-refractivity contribution in [1.82, 2.24) is 5.32 Å². The molecule has 2 atom stereocenters. The van der Waals surface area contributed by atoms with E-state index in [2.05, 4.69) is 5.32 Å². The molecule has 22 heavy (non-hydrogen) atoms. The first-order valence-electron chi connectivity index (χ1n) is 7.30. The van der Waals surface area contributed by atoms with E-state index >= 15 is 0 Å². The molecule has 2 unspecified atom stereocenters. The van der Waals surface area contributed by atoms with E-state index in [4.69, 9.17) is 0 Å². The first kappa shape index (κ1) is 16.2. The fourth-order valence-corrected chi connectivity index (χ4v) is 2.36. The first-order chi connectivity index (χ1) is 10.6. The number of carbonyl (C=O) groups is 1. The van der Waals surface area contributed by atoms with Crippen molar-refractivity contribution in [3.05, 3.63) is 71.5 Å². The molecule has 0 aliphatic heterocycles. The van der Waals surface area contributed by atoms with E-state index < -0.39 is 6.04 Å². The van der Waals surface area contributed by atoms with Crippen molar-refractivity contribution in [2.45, 2.75) is 25.3 Å². The minimum absolute atomic E-state index is 0.0179. The number of carbonyl (C=O) groups excluding carboxylic acids is 1. The number of benzene rings is 2. The molecule has 2 rings (SSSR count). The van der Waals surface area contributed by atoms with Gasteiger partial charge in [-0.3, -0.25) is 4.79 Å². The molecule has 0 spiro atoms. The highest BCUT2D eigenvalue weighted by Gasteiger charge is 2.16. The van der Waals surface area contributed by atoms with Gasteiger partial charge >= 0.3 is 0 Å². The lowest BCUT2D eigenvalue weighted by molar-refractivity contribution is -0.122. The van der Waals surface area contributed by atoms with Crippen LogP contribution in [0.5, 0.6) is 0 Å². The van der Waals surface area contributed by atoms with Crippen LogP contribution in [-0.2, 0) is 4.79 Å². The number of hydrogen-bond acceptors (Lipinski definition) is 2. The predicted octanol–water partition coefficient (Wildman–Crippen LogP) is 3.17. The van der Waals surface area contributed by atoms with Gasteiger partial charge in [0.05, 0.1) is 12.6 Å². The van der Waals surface area contributed by atoms with E-state index in [-0.39, 0.29) is 30.7 Å². The number of nitrogens with one attached hydrogen (secondary N) is 1. The summed E-state index contributed by atoms with van der Waals surface area (Å²) in [7, 11) is 0. The summed E-state index contributed by atoms with van der Waals surface area (Å²) >= 11 is 0. The largest absolute Gasteiger partial charge is 0.394 e. The van der Waals surface area contributed by atoms with E-state index in [0.29, 0.717) is 0 Å². The van der Waals surface area contributed by atoms with Crippen molar-refractivity contribution in [2.24, 2.45) is 0 Å². The lowest BCUT2D eigenvalue weighted by Crippen LogP contribution is -2.31. The molecule has 0 saturated carbocycles. The van der Waals surface area contributed by atoms with E-state index in [1.54, 1.807) is 12.1 Å². The Kier molecular flexibility index (Phi) is 5.67. The van der Waals surface area contributed by atoms with Gasteiger partial charge in [-0.15, -0.1) is 0 Å². The van der Waals surface area contributed by atoms with Crippen LogP contribution < -0.4 is 5.32 Å². The van der Waals surface area contributed by atoms with Crippen molar-refractivity contribution in [3.63, 3.8) is 0 Å². The van der Waals surface area contributed by atoms with Crippen LogP contribution in [0.4, 0.5) is 4.39 Å². The second-order valence-electron chi connectivity index (χ2n) is 5.37. The van der Waals surface area contributed by atoms with Gasteiger partial charge in [0.2, 0.25) is 5.91 Å². The molecule has 2 aromatic carbocycles. The zero-order valence-corrected chi connectivity index (χ0v) is 12.5. The highest BCUT2D eigenvalue weighted by molar-refractivity contribution is 5.77. The number of halogens is 1. The third-order valence-electron chi connectivity index (χ3n) is 3.65. The Morgan fingerprint density at radius 1 is 1.09 bits per heavy atom. The Morgan fingerprint density at radius 2 is 1.73 bits per heavy atom. The monoisotopic (exact) mass is 301 g/mol. The molecule has 0 radical (unpaired) electrons. The molecular weight excluding hydrogens is 281 g/mol. The van der Waals surface area contributed by atoms with Crippen molar-refractivity contribution in [1.29, 1.82) is 0 Å². The molecule has 0 aliphatic carbocycles. The van der Waals surface area contributed by atoms with Crippen LogP contribution >= 0.6 is 0 Å². The zero-order valence-electron chi connectivity index (χ0n) is 12.5. The zero-order chi connectivity index (χ0) is 15.9. The lowest BCUT2D eigenvalue weighted by atomic mass is 9.97. The third-order valence-corrected chi connectivity index (χ3v) is 3.65. The summed E-state index contributed by atoms with van der Waals surface area (Å²) in [6.07, 6.45) is 0.287. The summed E-state index contributed by atoms with van der Waals surface area (Å²) in [6, 6.07) is 15.1. The summed E-state index contributed by atoms with van der Waals surface area (Å²) in [5.41, 5.74) is 1.78. The van der Waals surface area contributed by atoms with E-state index in [9.17, 15) is 14.3 Å². The average molecular weight is 301 g/mol. The number of hydrogen-bond donors (Lipinski definition) is 2. The van der Waals surface area contributed by atoms with E-state index in [1.807, 2.05) is 37.3 Å². The van der Waals surface area contributed by atoms with Gasteiger partial charge in [0.25, 0.3) is 0 Å². The van der Waals surface area contributed by atoms with Crippen molar-refractivity contribution >= 4 is 5.91 Å².